The lowest BCUT2D eigenvalue weighted by atomic mass is 10.0. The van der Waals surface area contributed by atoms with Crippen molar-refractivity contribution in [1.82, 2.24) is 9.27 Å². The second-order valence-electron chi connectivity index (χ2n) is 5.25. The van der Waals surface area contributed by atoms with Crippen LogP contribution in [0.5, 0.6) is 0 Å². The number of nitrogens with one attached hydrogen (secondary N) is 1. The molecular weight excluding hydrogens is 256 g/mol. The summed E-state index contributed by atoms with van der Waals surface area (Å²) in [4.78, 5) is 2.58. The highest BCUT2D eigenvalue weighted by Gasteiger charge is 2.17. The van der Waals surface area contributed by atoms with Gasteiger partial charge in [0.25, 0.3) is 0 Å². The molecule has 4 nitrogen and oxygen atoms in total. The normalized spacial score (nSPS) is 20.2. The van der Waals surface area contributed by atoms with Crippen LogP contribution in [0.1, 0.15) is 43.9 Å². The van der Waals surface area contributed by atoms with Gasteiger partial charge in [0.15, 0.2) is 0 Å². The number of anilines is 1. The molecule has 1 aliphatic heterocycles. The zero-order valence-corrected chi connectivity index (χ0v) is 12.6. The van der Waals surface area contributed by atoms with Crippen LogP contribution in [0, 0.1) is 18.3 Å². The Balaban J connectivity index is 1.73. The molecule has 0 saturated carbocycles. The van der Waals surface area contributed by atoms with Gasteiger partial charge in [-0.3, -0.25) is 0 Å². The van der Waals surface area contributed by atoms with Crippen LogP contribution in [-0.4, -0.2) is 34.9 Å². The number of nitriles is 1. The summed E-state index contributed by atoms with van der Waals surface area (Å²) in [6, 6.07) is 2.95. The van der Waals surface area contributed by atoms with Crippen molar-refractivity contribution >= 4 is 16.5 Å². The van der Waals surface area contributed by atoms with Crippen molar-refractivity contribution < 1.29 is 0 Å². The lowest BCUT2D eigenvalue weighted by molar-refractivity contribution is 0.160. The van der Waals surface area contributed by atoms with E-state index in [0.717, 1.165) is 36.2 Å². The molecular formula is C14H22N4S. The van der Waals surface area contributed by atoms with E-state index in [1.807, 2.05) is 6.92 Å². The molecule has 1 saturated heterocycles. The minimum Gasteiger partial charge on any atom is -0.375 e. The number of hydrogen-bond acceptors (Lipinski definition) is 5. The highest BCUT2D eigenvalue weighted by Crippen LogP contribution is 2.23. The van der Waals surface area contributed by atoms with Gasteiger partial charge in [-0.2, -0.15) is 9.64 Å². The van der Waals surface area contributed by atoms with Crippen LogP contribution >= 0.6 is 11.5 Å². The zero-order chi connectivity index (χ0) is 13.7. The Morgan fingerprint density at radius 3 is 3.11 bits per heavy atom. The molecule has 0 bridgehead atoms. The molecule has 1 N–H and O–H groups in total. The van der Waals surface area contributed by atoms with Crippen LogP contribution in [-0.2, 0) is 0 Å². The first-order valence-electron chi connectivity index (χ1n) is 7.06. The Hall–Kier alpha value is -1.12. The van der Waals surface area contributed by atoms with Gasteiger partial charge in [-0.15, -0.1) is 0 Å². The van der Waals surface area contributed by atoms with Gasteiger partial charge in [0.2, 0.25) is 0 Å². The molecule has 1 aromatic heterocycles. The molecule has 2 rings (SSSR count). The van der Waals surface area contributed by atoms with E-state index in [4.69, 9.17) is 5.26 Å². The first-order chi connectivity index (χ1) is 9.22. The molecule has 1 fully saturated rings. The first-order valence-corrected chi connectivity index (χ1v) is 7.84. The van der Waals surface area contributed by atoms with Gasteiger partial charge in [-0.1, -0.05) is 6.42 Å². The summed E-state index contributed by atoms with van der Waals surface area (Å²) in [5.74, 6) is 0. The molecule has 1 unspecified atom stereocenters. The average molecular weight is 278 g/mol. The van der Waals surface area contributed by atoms with Crippen LogP contribution in [0.4, 0.5) is 5.00 Å². The van der Waals surface area contributed by atoms with Crippen molar-refractivity contribution in [2.75, 3.05) is 25.0 Å². The lowest BCUT2D eigenvalue weighted by Crippen LogP contribution is -2.38. The molecule has 5 heteroatoms. The summed E-state index contributed by atoms with van der Waals surface area (Å²) < 4.78 is 4.21. The van der Waals surface area contributed by atoms with Crippen LogP contribution in [0.3, 0.4) is 0 Å². The van der Waals surface area contributed by atoms with Gasteiger partial charge in [0, 0.05) is 19.1 Å². The number of likely N-dealkylation sites (tertiary alicyclic amines) is 1. The highest BCUT2D eigenvalue weighted by atomic mass is 32.1. The zero-order valence-electron chi connectivity index (χ0n) is 11.8. The fourth-order valence-corrected chi connectivity index (χ4v) is 3.37. The van der Waals surface area contributed by atoms with Gasteiger partial charge in [-0.05, 0) is 51.2 Å². The number of nitrogens with zero attached hydrogens (tertiary/aromatic N) is 3. The van der Waals surface area contributed by atoms with Gasteiger partial charge in [0.1, 0.15) is 16.6 Å². The Bertz CT molecular complexity index is 449. The van der Waals surface area contributed by atoms with E-state index in [0.29, 0.717) is 5.56 Å². The van der Waals surface area contributed by atoms with Crippen LogP contribution in [0.15, 0.2) is 0 Å². The molecule has 1 aliphatic rings. The van der Waals surface area contributed by atoms with Gasteiger partial charge >= 0.3 is 0 Å². The van der Waals surface area contributed by atoms with Crippen molar-refractivity contribution in [2.24, 2.45) is 0 Å². The summed E-state index contributed by atoms with van der Waals surface area (Å²) in [5, 5.41) is 13.3. The fourth-order valence-electron chi connectivity index (χ4n) is 2.60. The quantitative estimate of drug-likeness (QED) is 0.841. The number of rotatable bonds is 5. The predicted octanol–water partition coefficient (Wildman–Crippen LogP) is 3.00. The van der Waals surface area contributed by atoms with E-state index >= 15 is 0 Å². The predicted molar refractivity (Wildman–Crippen MR) is 79.6 cm³/mol. The van der Waals surface area contributed by atoms with Crippen LogP contribution in [0.25, 0.3) is 0 Å². The summed E-state index contributed by atoms with van der Waals surface area (Å²) in [5.41, 5.74) is 1.54. The molecule has 1 aromatic rings. The largest absolute Gasteiger partial charge is 0.375 e. The van der Waals surface area contributed by atoms with Crippen molar-refractivity contribution in [3.05, 3.63) is 11.3 Å². The van der Waals surface area contributed by atoms with Crippen molar-refractivity contribution in [3.63, 3.8) is 0 Å². The highest BCUT2D eigenvalue weighted by molar-refractivity contribution is 7.10. The third-order valence-corrected chi connectivity index (χ3v) is 4.72. The minimum absolute atomic E-state index is 0.705. The molecule has 104 valence electrons. The van der Waals surface area contributed by atoms with E-state index in [2.05, 4.69) is 27.6 Å². The third kappa shape index (κ3) is 3.68. The summed E-state index contributed by atoms with van der Waals surface area (Å²) in [6.45, 7) is 7.51. The summed E-state index contributed by atoms with van der Waals surface area (Å²) in [7, 11) is 0. The maximum atomic E-state index is 9.05. The molecule has 1 atom stereocenters. The van der Waals surface area contributed by atoms with Crippen molar-refractivity contribution in [3.8, 4) is 6.07 Å². The molecule has 0 amide bonds. The smallest absolute Gasteiger partial charge is 0.127 e. The Labute approximate surface area is 119 Å². The minimum atomic E-state index is 0.705. The van der Waals surface area contributed by atoms with Crippen LogP contribution < -0.4 is 5.32 Å². The Morgan fingerprint density at radius 2 is 2.37 bits per heavy atom. The third-order valence-electron chi connectivity index (χ3n) is 3.82. The second kappa shape index (κ2) is 6.88. The summed E-state index contributed by atoms with van der Waals surface area (Å²) >= 11 is 1.39. The number of piperidine rings is 1. The second-order valence-corrected chi connectivity index (χ2v) is 6.02. The van der Waals surface area contributed by atoms with Crippen LogP contribution in [0.2, 0.25) is 0 Å². The van der Waals surface area contributed by atoms with E-state index < -0.39 is 0 Å². The monoisotopic (exact) mass is 278 g/mol. The van der Waals surface area contributed by atoms with Crippen molar-refractivity contribution in [1.29, 1.82) is 5.26 Å². The fraction of sp³-hybridized carbons (Fsp3) is 0.714. The molecule has 19 heavy (non-hydrogen) atoms. The standard InChI is InChI=1S/C14H22N4S/c1-11-6-3-4-8-18(11)9-5-7-16-14-13(10-15)12(2)17-19-14/h11,16H,3-9H2,1-2H3. The number of aryl methyl sites for hydroxylation is 1. The first kappa shape index (κ1) is 14.3. The van der Waals surface area contributed by atoms with E-state index in [9.17, 15) is 0 Å². The van der Waals surface area contributed by atoms with Gasteiger partial charge < -0.3 is 10.2 Å². The van der Waals surface area contributed by atoms with E-state index in [-0.39, 0.29) is 0 Å². The lowest BCUT2D eigenvalue weighted by Gasteiger charge is -2.33. The summed E-state index contributed by atoms with van der Waals surface area (Å²) in [6.07, 6.45) is 5.16. The molecule has 0 aromatic carbocycles. The Kier molecular flexibility index (Phi) is 5.17. The number of hydrogen-bond donors (Lipinski definition) is 1. The molecule has 0 radical (unpaired) electrons. The molecule has 0 aliphatic carbocycles. The molecule has 0 spiro atoms. The van der Waals surface area contributed by atoms with Gasteiger partial charge in [0.05, 0.1) is 5.69 Å². The maximum absolute atomic E-state index is 9.05. The maximum Gasteiger partial charge on any atom is 0.127 e. The SMILES string of the molecule is Cc1nsc(NCCCN2CCCCC2C)c1C#N. The average Bonchev–Trinajstić information content (AvgIpc) is 2.77. The topological polar surface area (TPSA) is 52.0 Å². The Morgan fingerprint density at radius 1 is 1.53 bits per heavy atom. The van der Waals surface area contributed by atoms with E-state index in [1.165, 1.54) is 37.3 Å². The molecule has 2 heterocycles. The number of aromatic nitrogens is 1. The van der Waals surface area contributed by atoms with E-state index in [1.54, 1.807) is 0 Å². The van der Waals surface area contributed by atoms with Crippen molar-refractivity contribution in [2.45, 2.75) is 45.6 Å². The van der Waals surface area contributed by atoms with Gasteiger partial charge in [-0.25, -0.2) is 0 Å².